The van der Waals surface area contributed by atoms with E-state index >= 15 is 0 Å². The molecule has 1 rings (SSSR count). The molecule has 20 heavy (non-hydrogen) atoms. The summed E-state index contributed by atoms with van der Waals surface area (Å²) in [6.07, 6.45) is 0.283. The predicted octanol–water partition coefficient (Wildman–Crippen LogP) is -4.81. The first-order valence-corrected chi connectivity index (χ1v) is 11.4. The van der Waals surface area contributed by atoms with Gasteiger partial charge in [-0.05, 0) is 12.1 Å². The van der Waals surface area contributed by atoms with Crippen LogP contribution in [0.1, 0.15) is 0 Å². The molecule has 0 saturated heterocycles. The molecule has 0 radical (unpaired) electrons. The fraction of sp³-hybridized carbons (Fsp3) is 0.455. The molecule has 4 nitrogen and oxygen atoms in total. The average molecular weight is 348 g/mol. The van der Waals surface area contributed by atoms with Gasteiger partial charge in [0.1, 0.15) is 12.3 Å². The molecule has 2 atom stereocenters. The van der Waals surface area contributed by atoms with Crippen molar-refractivity contribution < 1.29 is 78.0 Å². The Balaban J connectivity index is 0. The summed E-state index contributed by atoms with van der Waals surface area (Å²) in [5.74, 6) is 0. The molecule has 1 aromatic carbocycles. The van der Waals surface area contributed by atoms with Crippen molar-refractivity contribution in [3.63, 3.8) is 0 Å². The van der Waals surface area contributed by atoms with Crippen LogP contribution in [0.3, 0.4) is 0 Å². The minimum absolute atomic E-state index is 0. The van der Waals surface area contributed by atoms with Gasteiger partial charge in [-0.25, -0.2) is 0 Å². The van der Waals surface area contributed by atoms with E-state index in [1.165, 1.54) is 0 Å². The molecule has 0 aliphatic carbocycles. The van der Waals surface area contributed by atoms with Gasteiger partial charge in [-0.3, -0.25) is 0 Å². The Morgan fingerprint density at radius 2 is 1.35 bits per heavy atom. The first-order valence-electron chi connectivity index (χ1n) is 5.73. The van der Waals surface area contributed by atoms with Crippen LogP contribution in [0.25, 0.3) is 0 Å². The second-order valence-electron chi connectivity index (χ2n) is 4.54. The van der Waals surface area contributed by atoms with E-state index in [2.05, 4.69) is 6.55 Å². The van der Waals surface area contributed by atoms with Crippen LogP contribution < -0.4 is 74.1 Å². The molecule has 0 saturated carbocycles. The van der Waals surface area contributed by atoms with Crippen LogP contribution in [0.2, 0.25) is 18.6 Å². The van der Waals surface area contributed by atoms with E-state index in [-0.39, 0.29) is 71.4 Å². The van der Waals surface area contributed by atoms with Gasteiger partial charge in [0.15, 0.2) is 0 Å². The Labute approximate surface area is 167 Å². The van der Waals surface area contributed by atoms with Crippen LogP contribution in [-0.2, 0) is 9.13 Å². The van der Waals surface area contributed by atoms with Gasteiger partial charge in [-0.2, -0.15) is 0 Å². The number of rotatable bonds is 7. The second kappa shape index (κ2) is 12.0. The van der Waals surface area contributed by atoms with Gasteiger partial charge in [-0.1, -0.05) is 51.2 Å². The van der Waals surface area contributed by atoms with E-state index in [0.717, 1.165) is 5.19 Å². The smallest absolute Gasteiger partial charge is 0.596 e. The van der Waals surface area contributed by atoms with E-state index in [0.29, 0.717) is 12.1 Å². The molecule has 0 amide bonds. The predicted molar refractivity (Wildman–Crippen MR) is 72.3 cm³/mol. The molecule has 0 heterocycles. The third kappa shape index (κ3) is 8.87. The number of hydrogen-bond acceptors (Lipinski definition) is 4. The normalized spacial score (nSPS) is 14.3. The summed E-state index contributed by atoms with van der Waals surface area (Å²) in [5, 5.41) is 1.12. The molecule has 0 fully saturated rings. The minimum atomic E-state index is -2.40. The molecule has 98 valence electrons. The van der Waals surface area contributed by atoms with Crippen molar-refractivity contribution in [1.82, 2.24) is 0 Å². The average Bonchev–Trinajstić information content (AvgIpc) is 2.35. The van der Waals surface area contributed by atoms with E-state index in [1.54, 1.807) is 0 Å². The zero-order chi connectivity index (χ0) is 13.6. The van der Waals surface area contributed by atoms with Crippen LogP contribution >= 0.6 is 16.1 Å². The minimum Gasteiger partial charge on any atom is -0.596 e. The van der Waals surface area contributed by atoms with Crippen LogP contribution in [0.4, 0.5) is 0 Å². The monoisotopic (exact) mass is 348 g/mol. The Kier molecular flexibility index (Phi) is 14.3. The van der Waals surface area contributed by atoms with Gasteiger partial charge in [-0.15, -0.1) is 0 Å². The number of benzene rings is 1. The summed E-state index contributed by atoms with van der Waals surface area (Å²) in [4.78, 5) is 21.5. The Morgan fingerprint density at radius 3 is 1.70 bits per heavy atom. The Bertz CT molecular complexity index is 416. The molecule has 0 aliphatic heterocycles. The maximum absolute atomic E-state index is 10.8. The summed E-state index contributed by atoms with van der Waals surface area (Å²) in [6.45, 7) is 2.06. The van der Waals surface area contributed by atoms with Crippen molar-refractivity contribution in [3.05, 3.63) is 30.3 Å². The first kappa shape index (κ1) is 23.8. The second-order valence-corrected chi connectivity index (χ2v) is 11.5. The third-order valence-electron chi connectivity index (χ3n) is 3.16. The molecule has 0 bridgehead atoms. The summed E-state index contributed by atoms with van der Waals surface area (Å²) in [7, 11) is -6.81. The van der Waals surface area contributed by atoms with Gasteiger partial charge >= 0.3 is 75.2 Å². The first-order chi connectivity index (χ1) is 8.44. The van der Waals surface area contributed by atoms with Crippen LogP contribution in [0.5, 0.6) is 0 Å². The molecule has 0 aliphatic rings. The summed E-state index contributed by atoms with van der Waals surface area (Å²) < 4.78 is 21.5. The van der Waals surface area contributed by atoms with Crippen molar-refractivity contribution in [2.75, 3.05) is 12.3 Å². The van der Waals surface area contributed by atoms with Crippen LogP contribution in [0.15, 0.2) is 30.3 Å². The van der Waals surface area contributed by atoms with Gasteiger partial charge in [0.2, 0.25) is 0 Å². The van der Waals surface area contributed by atoms with Crippen molar-refractivity contribution in [2.45, 2.75) is 18.6 Å². The fourth-order valence-corrected chi connectivity index (χ4v) is 9.16. The third-order valence-corrected chi connectivity index (χ3v) is 9.62. The van der Waals surface area contributed by atoms with Crippen molar-refractivity contribution >= 4 is 29.3 Å². The molecule has 0 spiro atoms. The zero-order valence-electron chi connectivity index (χ0n) is 12.2. The van der Waals surface area contributed by atoms with E-state index in [4.69, 9.17) is 0 Å². The molecular weight excluding hydrogens is 332 g/mol. The molecule has 2 unspecified atom stereocenters. The van der Waals surface area contributed by atoms with E-state index < -0.39 is 24.1 Å². The SMILES string of the molecule is C[Si](CC[P+](=O)[O-])(CC[P+](=O)[O-])c1ccccc1.[Na+].[Na+]. The quantitative estimate of drug-likeness (QED) is 0.366. The number of hydrogen-bond donors (Lipinski definition) is 0. The van der Waals surface area contributed by atoms with E-state index in [1.807, 2.05) is 30.3 Å². The Hall–Kier alpha value is 1.56. The topological polar surface area (TPSA) is 80.3 Å². The van der Waals surface area contributed by atoms with Gasteiger partial charge in [0, 0.05) is 0 Å². The molecule has 1 aromatic rings. The van der Waals surface area contributed by atoms with Gasteiger partial charge in [0.05, 0.1) is 8.07 Å². The van der Waals surface area contributed by atoms with E-state index in [9.17, 15) is 18.9 Å². The summed E-state index contributed by atoms with van der Waals surface area (Å²) >= 11 is 0. The van der Waals surface area contributed by atoms with Crippen LogP contribution in [0, 0.1) is 0 Å². The van der Waals surface area contributed by atoms with Gasteiger partial charge < -0.3 is 9.79 Å². The maximum Gasteiger partial charge on any atom is 1.00 e. The van der Waals surface area contributed by atoms with Crippen molar-refractivity contribution in [1.29, 1.82) is 0 Å². The Morgan fingerprint density at radius 1 is 0.950 bits per heavy atom. The van der Waals surface area contributed by atoms with Crippen molar-refractivity contribution in [2.24, 2.45) is 0 Å². The van der Waals surface area contributed by atoms with Gasteiger partial charge in [0.25, 0.3) is 0 Å². The zero-order valence-corrected chi connectivity index (χ0v) is 19.0. The maximum atomic E-state index is 10.8. The molecule has 0 aromatic heterocycles. The fourth-order valence-electron chi connectivity index (χ4n) is 1.93. The van der Waals surface area contributed by atoms with Crippen LogP contribution in [-0.4, -0.2) is 20.4 Å². The summed E-state index contributed by atoms with van der Waals surface area (Å²) in [5.41, 5.74) is 0. The largest absolute Gasteiger partial charge is 1.00 e. The van der Waals surface area contributed by atoms with Crippen molar-refractivity contribution in [3.8, 4) is 0 Å². The standard InChI is InChI=1S/C11H16O4P2Si.2Na/c1-18(9-7-16(12)13,10-8-17(14)15)11-5-3-2-4-6-11;;/h2-6H,7-10H2,1H3;;/q;2*+1. The molecular formula is C11H16Na2O4P2Si+2. The molecule has 0 N–H and O–H groups in total. The molecule has 9 heteroatoms. The summed E-state index contributed by atoms with van der Waals surface area (Å²) in [6, 6.07) is 10.8.